The fourth-order valence-electron chi connectivity index (χ4n) is 2.88. The van der Waals surface area contributed by atoms with Crippen molar-refractivity contribution in [2.75, 3.05) is 16.8 Å². The third-order valence-electron chi connectivity index (χ3n) is 4.11. The molecular weight excluding hydrogens is 324 g/mol. The molecule has 1 saturated heterocycles. The Labute approximate surface area is 142 Å². The molecule has 1 aliphatic rings. The molecule has 4 rings (SSSR count). The lowest BCUT2D eigenvalue weighted by Crippen LogP contribution is -2.28. The normalized spacial score (nSPS) is 17.4. The third kappa shape index (κ3) is 2.63. The van der Waals surface area contributed by atoms with Gasteiger partial charge < -0.3 is 10.2 Å². The van der Waals surface area contributed by atoms with Crippen LogP contribution in [-0.2, 0) is 9.59 Å². The minimum Gasteiger partial charge on any atom is -0.324 e. The Balaban J connectivity index is 1.52. The van der Waals surface area contributed by atoms with Gasteiger partial charge in [0, 0.05) is 18.7 Å². The molecule has 0 unspecified atom stereocenters. The van der Waals surface area contributed by atoms with E-state index in [4.69, 9.17) is 0 Å². The third-order valence-corrected chi connectivity index (χ3v) is 4.65. The first-order valence-electron chi connectivity index (χ1n) is 7.60. The second-order valence-corrected chi connectivity index (χ2v) is 6.20. The zero-order valence-corrected chi connectivity index (χ0v) is 13.5. The Morgan fingerprint density at radius 2 is 1.96 bits per heavy atom. The molecule has 2 amide bonds. The van der Waals surface area contributed by atoms with E-state index in [0.29, 0.717) is 17.7 Å². The zero-order chi connectivity index (χ0) is 16.5. The van der Waals surface area contributed by atoms with Crippen LogP contribution in [0.5, 0.6) is 0 Å². The summed E-state index contributed by atoms with van der Waals surface area (Å²) < 4.78 is 8.38. The number of nitrogens with one attached hydrogen (secondary N) is 1. The van der Waals surface area contributed by atoms with Crippen LogP contribution in [0.2, 0.25) is 0 Å². The first-order chi connectivity index (χ1) is 11.7. The van der Waals surface area contributed by atoms with Crippen molar-refractivity contribution in [2.24, 2.45) is 5.92 Å². The quantitative estimate of drug-likeness (QED) is 0.797. The summed E-state index contributed by atoms with van der Waals surface area (Å²) in [5.74, 6) is -0.572. The Morgan fingerprint density at radius 3 is 2.79 bits per heavy atom. The molecule has 6 nitrogen and oxygen atoms in total. The molecule has 1 N–H and O–H groups in total. The highest BCUT2D eigenvalue weighted by atomic mass is 32.1. The number of amides is 2. The largest absolute Gasteiger partial charge is 0.324 e. The van der Waals surface area contributed by atoms with E-state index in [1.165, 1.54) is 0 Å². The van der Waals surface area contributed by atoms with Crippen LogP contribution in [0, 0.1) is 5.92 Å². The number of hydrogen-bond acceptors (Lipinski definition) is 5. The van der Waals surface area contributed by atoms with Crippen LogP contribution in [0.3, 0.4) is 0 Å². The first kappa shape index (κ1) is 14.8. The monoisotopic (exact) mass is 338 g/mol. The maximum atomic E-state index is 12.6. The highest BCUT2D eigenvalue weighted by Crippen LogP contribution is 2.27. The predicted octanol–water partition coefficient (Wildman–Crippen LogP) is 2.68. The lowest BCUT2D eigenvalue weighted by molar-refractivity contribution is -0.122. The molecular formula is C17H14N4O2S. The summed E-state index contributed by atoms with van der Waals surface area (Å²) in [4.78, 5) is 26.5. The van der Waals surface area contributed by atoms with Crippen LogP contribution in [-0.4, -0.2) is 27.1 Å². The van der Waals surface area contributed by atoms with Crippen LogP contribution < -0.4 is 10.2 Å². The number of nitrogens with zero attached hydrogens (tertiary/aromatic N) is 3. The fraction of sp³-hybridized carbons (Fsp3) is 0.176. The summed E-state index contributed by atoms with van der Waals surface area (Å²) >= 11 is 1.11. The smallest absolute Gasteiger partial charge is 0.229 e. The van der Waals surface area contributed by atoms with Crippen molar-refractivity contribution in [3.63, 3.8) is 0 Å². The number of aromatic nitrogens is 2. The molecule has 2 heterocycles. The number of rotatable bonds is 3. The predicted molar refractivity (Wildman–Crippen MR) is 92.9 cm³/mol. The van der Waals surface area contributed by atoms with E-state index < -0.39 is 0 Å². The van der Waals surface area contributed by atoms with E-state index in [2.05, 4.69) is 14.1 Å². The van der Waals surface area contributed by atoms with Gasteiger partial charge in [-0.1, -0.05) is 24.3 Å². The second-order valence-electron chi connectivity index (χ2n) is 5.67. The molecule has 2 aromatic carbocycles. The van der Waals surface area contributed by atoms with E-state index in [1.54, 1.807) is 11.0 Å². The molecule has 1 atom stereocenters. The molecule has 0 saturated carbocycles. The molecule has 120 valence electrons. The van der Waals surface area contributed by atoms with Gasteiger partial charge in [-0.05, 0) is 24.3 Å². The highest BCUT2D eigenvalue weighted by molar-refractivity contribution is 7.00. The molecule has 1 aromatic heterocycles. The van der Waals surface area contributed by atoms with Crippen molar-refractivity contribution in [1.82, 2.24) is 8.75 Å². The summed E-state index contributed by atoms with van der Waals surface area (Å²) in [5.41, 5.74) is 2.90. The minimum absolute atomic E-state index is 0.0325. The summed E-state index contributed by atoms with van der Waals surface area (Å²) in [6.45, 7) is 0.389. The molecule has 1 aliphatic heterocycles. The van der Waals surface area contributed by atoms with Crippen LogP contribution in [0.15, 0.2) is 48.5 Å². The second kappa shape index (κ2) is 6.01. The maximum Gasteiger partial charge on any atom is 0.229 e. The van der Waals surface area contributed by atoms with Gasteiger partial charge >= 0.3 is 0 Å². The van der Waals surface area contributed by atoms with E-state index in [9.17, 15) is 9.59 Å². The Morgan fingerprint density at radius 1 is 1.12 bits per heavy atom. The van der Waals surface area contributed by atoms with E-state index in [1.807, 2.05) is 42.5 Å². The van der Waals surface area contributed by atoms with Crippen molar-refractivity contribution in [3.05, 3.63) is 48.5 Å². The van der Waals surface area contributed by atoms with Crippen molar-refractivity contribution >= 4 is 46.0 Å². The lowest BCUT2D eigenvalue weighted by Gasteiger charge is -2.16. The standard InChI is InChI=1S/C17H14N4O2S/c22-15-9-11(10-21(15)12-5-2-1-3-6-12)17(23)18-13-7-4-8-14-16(13)20-24-19-14/h1-8,11H,9-10H2,(H,18,23)/t11-/m1/s1. The van der Waals surface area contributed by atoms with E-state index >= 15 is 0 Å². The van der Waals surface area contributed by atoms with Crippen LogP contribution in [0.4, 0.5) is 11.4 Å². The Hall–Kier alpha value is -2.80. The number of fused-ring (bicyclic) bond motifs is 1. The number of anilines is 2. The van der Waals surface area contributed by atoms with Crippen LogP contribution in [0.25, 0.3) is 11.0 Å². The van der Waals surface area contributed by atoms with Crippen LogP contribution in [0.1, 0.15) is 6.42 Å². The van der Waals surface area contributed by atoms with Gasteiger partial charge in [0.1, 0.15) is 11.0 Å². The number of carbonyl (C=O) groups is 2. The molecule has 3 aromatic rings. The average Bonchev–Trinajstić information content (AvgIpc) is 3.23. The molecule has 24 heavy (non-hydrogen) atoms. The number of benzene rings is 2. The number of hydrogen-bond donors (Lipinski definition) is 1. The van der Waals surface area contributed by atoms with Gasteiger partial charge in [0.05, 0.1) is 23.3 Å². The van der Waals surface area contributed by atoms with Crippen LogP contribution >= 0.6 is 11.7 Å². The number of para-hydroxylation sites is 1. The van der Waals surface area contributed by atoms with Gasteiger partial charge in [-0.2, -0.15) is 8.75 Å². The molecule has 1 fully saturated rings. The Kier molecular flexibility index (Phi) is 3.70. The summed E-state index contributed by atoms with van der Waals surface area (Å²) in [6.07, 6.45) is 0.214. The molecule has 0 bridgehead atoms. The van der Waals surface area contributed by atoms with E-state index in [0.717, 1.165) is 22.9 Å². The molecule has 0 radical (unpaired) electrons. The summed E-state index contributed by atoms with van der Waals surface area (Å²) in [6, 6.07) is 14.9. The van der Waals surface area contributed by atoms with Gasteiger partial charge in [-0.15, -0.1) is 0 Å². The molecule has 0 spiro atoms. The first-order valence-corrected chi connectivity index (χ1v) is 8.33. The minimum atomic E-state index is -0.375. The fourth-order valence-corrected chi connectivity index (χ4v) is 3.43. The van der Waals surface area contributed by atoms with Gasteiger partial charge in [-0.3, -0.25) is 9.59 Å². The van der Waals surface area contributed by atoms with Crippen molar-refractivity contribution in [2.45, 2.75) is 6.42 Å². The molecule has 0 aliphatic carbocycles. The van der Waals surface area contributed by atoms with Crippen molar-refractivity contribution in [1.29, 1.82) is 0 Å². The summed E-state index contributed by atoms with van der Waals surface area (Å²) in [7, 11) is 0. The molecule has 7 heteroatoms. The van der Waals surface area contributed by atoms with Gasteiger partial charge in [0.15, 0.2) is 0 Å². The Bertz CT molecular complexity index is 909. The van der Waals surface area contributed by atoms with Gasteiger partial charge in [0.2, 0.25) is 11.8 Å². The zero-order valence-electron chi connectivity index (χ0n) is 12.7. The average molecular weight is 338 g/mol. The van der Waals surface area contributed by atoms with Gasteiger partial charge in [-0.25, -0.2) is 0 Å². The maximum absolute atomic E-state index is 12.6. The number of carbonyl (C=O) groups excluding carboxylic acids is 2. The SMILES string of the molecule is O=C(Nc1cccc2nsnc12)[C@@H]1CC(=O)N(c2ccccc2)C1. The van der Waals surface area contributed by atoms with E-state index in [-0.39, 0.29) is 24.2 Å². The lowest BCUT2D eigenvalue weighted by atomic mass is 10.1. The summed E-state index contributed by atoms with van der Waals surface area (Å²) in [5, 5.41) is 2.89. The topological polar surface area (TPSA) is 75.2 Å². The van der Waals surface area contributed by atoms with Gasteiger partial charge in [0.25, 0.3) is 0 Å². The highest BCUT2D eigenvalue weighted by Gasteiger charge is 2.35. The van der Waals surface area contributed by atoms with Crippen molar-refractivity contribution < 1.29 is 9.59 Å². The van der Waals surface area contributed by atoms with Crippen molar-refractivity contribution in [3.8, 4) is 0 Å².